The number of rotatable bonds is 15. The predicted molar refractivity (Wildman–Crippen MR) is 139 cm³/mol. The highest BCUT2D eigenvalue weighted by atomic mass is 28.3. The highest BCUT2D eigenvalue weighted by molar-refractivity contribution is 6.76. The number of esters is 2. The molecule has 0 radical (unpaired) electrons. The second-order valence-electron chi connectivity index (χ2n) is 9.37. The van der Waals surface area contributed by atoms with E-state index in [1.54, 1.807) is 13.8 Å². The lowest BCUT2D eigenvalue weighted by molar-refractivity contribution is -0.161. The number of ether oxygens (including phenoxy) is 3. The molecule has 0 bridgehead atoms. The van der Waals surface area contributed by atoms with Gasteiger partial charge in [-0.2, -0.15) is 0 Å². The van der Waals surface area contributed by atoms with Crippen LogP contribution < -0.4 is 4.74 Å². The number of hydrogen-bond donors (Lipinski definition) is 0. The van der Waals surface area contributed by atoms with E-state index < -0.39 is 25.9 Å². The normalized spacial score (nSPS) is 11.3. The molecule has 0 N–H and O–H groups in total. The van der Waals surface area contributed by atoms with E-state index in [0.29, 0.717) is 19.4 Å². The summed E-state index contributed by atoms with van der Waals surface area (Å²) in [6, 6.07) is 21.2. The minimum atomic E-state index is -1.25. The molecule has 0 aliphatic heterocycles. The zero-order chi connectivity index (χ0) is 24.8. The van der Waals surface area contributed by atoms with Crippen LogP contribution in [0.3, 0.4) is 0 Å². The fourth-order valence-corrected chi connectivity index (χ4v) is 6.74. The van der Waals surface area contributed by atoms with E-state index in [1.165, 1.54) is 24.1 Å². The Morgan fingerprint density at radius 3 is 2.03 bits per heavy atom. The summed E-state index contributed by atoms with van der Waals surface area (Å²) in [5.74, 6) is -1.07. The Morgan fingerprint density at radius 2 is 1.44 bits per heavy atom. The van der Waals surface area contributed by atoms with Gasteiger partial charge in [-0.1, -0.05) is 73.6 Å². The number of unbranched alkanes of at least 4 members (excludes halogenated alkanes) is 1. The molecular weight excluding hydrogens is 444 g/mol. The summed E-state index contributed by atoms with van der Waals surface area (Å²) in [5.41, 5.74) is 2.49. The van der Waals surface area contributed by atoms with E-state index in [9.17, 15) is 9.59 Å². The summed E-state index contributed by atoms with van der Waals surface area (Å²) < 4.78 is 16.0. The third kappa shape index (κ3) is 10.1. The molecule has 6 heteroatoms. The number of hydrogen-bond acceptors (Lipinski definition) is 5. The van der Waals surface area contributed by atoms with Crippen LogP contribution in [0.25, 0.3) is 0 Å². The van der Waals surface area contributed by atoms with Crippen LogP contribution in [0.4, 0.5) is 0 Å². The molecule has 2 aromatic carbocycles. The average molecular weight is 485 g/mol. The molecule has 0 aliphatic carbocycles. The van der Waals surface area contributed by atoms with Gasteiger partial charge >= 0.3 is 11.9 Å². The van der Waals surface area contributed by atoms with Gasteiger partial charge in [-0.15, -0.1) is 0 Å². The second-order valence-corrected chi connectivity index (χ2v) is 14.6. The van der Waals surface area contributed by atoms with Crippen molar-refractivity contribution in [2.45, 2.75) is 64.7 Å². The maximum absolute atomic E-state index is 12.1. The largest absolute Gasteiger partial charge is 0.494 e. The molecular formula is C28H40O5Si. The van der Waals surface area contributed by atoms with Crippen LogP contribution in [-0.2, 0) is 31.5 Å². The van der Waals surface area contributed by atoms with Crippen molar-refractivity contribution in [3.63, 3.8) is 0 Å². The fraction of sp³-hybridized carbons (Fsp3) is 0.500. The van der Waals surface area contributed by atoms with Gasteiger partial charge in [0, 0.05) is 0 Å². The molecule has 186 valence electrons. The topological polar surface area (TPSA) is 61.8 Å². The van der Waals surface area contributed by atoms with Crippen molar-refractivity contribution in [3.05, 3.63) is 65.7 Å². The smallest absolute Gasteiger partial charge is 0.320 e. The summed E-state index contributed by atoms with van der Waals surface area (Å²) in [4.78, 5) is 24.2. The van der Waals surface area contributed by atoms with E-state index >= 15 is 0 Å². The lowest BCUT2D eigenvalue weighted by Gasteiger charge is -2.22. The van der Waals surface area contributed by atoms with Crippen molar-refractivity contribution in [1.82, 2.24) is 0 Å². The Labute approximate surface area is 205 Å². The standard InChI is InChI=1S/C28H40O5Si/c1-5-31-27(29)26(28(30)32-6-2)19-16-23-14-17-25(18-15-23)33-20-10-11-21-34(3,4)22-24-12-8-7-9-13-24/h7-9,12-15,17-18,26H,5-6,10-11,16,19-22H2,1-4H3. The van der Waals surface area contributed by atoms with E-state index in [2.05, 4.69) is 43.4 Å². The lowest BCUT2D eigenvalue weighted by atomic mass is 9.99. The Morgan fingerprint density at radius 1 is 0.824 bits per heavy atom. The maximum Gasteiger partial charge on any atom is 0.320 e. The minimum absolute atomic E-state index is 0.244. The first-order valence-corrected chi connectivity index (χ1v) is 15.8. The van der Waals surface area contributed by atoms with Crippen LogP contribution in [0.5, 0.6) is 5.75 Å². The molecule has 0 aromatic heterocycles. The van der Waals surface area contributed by atoms with Gasteiger partial charge in [0.15, 0.2) is 5.92 Å². The molecule has 0 saturated carbocycles. The highest BCUT2D eigenvalue weighted by Gasteiger charge is 2.29. The van der Waals surface area contributed by atoms with Crippen LogP contribution in [0.2, 0.25) is 19.1 Å². The molecule has 34 heavy (non-hydrogen) atoms. The number of benzene rings is 2. The van der Waals surface area contributed by atoms with Gasteiger partial charge in [0.1, 0.15) is 5.75 Å². The van der Waals surface area contributed by atoms with Crippen LogP contribution >= 0.6 is 0 Å². The van der Waals surface area contributed by atoms with E-state index in [0.717, 1.165) is 17.7 Å². The Kier molecular flexibility index (Phi) is 11.9. The third-order valence-electron chi connectivity index (χ3n) is 5.83. The Bertz CT molecular complexity index is 846. The molecule has 0 atom stereocenters. The number of aryl methyl sites for hydroxylation is 1. The van der Waals surface area contributed by atoms with E-state index in [1.807, 2.05) is 24.3 Å². The second kappa shape index (κ2) is 14.6. The molecule has 0 heterocycles. The third-order valence-corrected chi connectivity index (χ3v) is 8.90. The number of carbonyl (C=O) groups excluding carboxylic acids is 2. The quantitative estimate of drug-likeness (QED) is 0.134. The van der Waals surface area contributed by atoms with Gasteiger partial charge in [0.2, 0.25) is 0 Å². The molecule has 0 saturated heterocycles. The monoisotopic (exact) mass is 484 g/mol. The first-order chi connectivity index (χ1) is 16.3. The van der Waals surface area contributed by atoms with Gasteiger partial charge in [-0.05, 0) is 56.9 Å². The Hall–Kier alpha value is -2.60. The summed E-state index contributed by atoms with van der Waals surface area (Å²) in [6.45, 7) is 9.59. The molecule has 2 rings (SSSR count). The van der Waals surface area contributed by atoms with Gasteiger partial charge in [0.25, 0.3) is 0 Å². The van der Waals surface area contributed by atoms with Crippen LogP contribution in [0.15, 0.2) is 54.6 Å². The van der Waals surface area contributed by atoms with Crippen LogP contribution in [-0.4, -0.2) is 39.8 Å². The fourth-order valence-electron chi connectivity index (χ4n) is 4.01. The summed E-state index contributed by atoms with van der Waals surface area (Å²) in [5, 5.41) is 0. The zero-order valence-corrected chi connectivity index (χ0v) is 22.2. The average Bonchev–Trinajstić information content (AvgIpc) is 2.80. The molecule has 0 aliphatic rings. The van der Waals surface area contributed by atoms with Crippen molar-refractivity contribution in [2.75, 3.05) is 19.8 Å². The lowest BCUT2D eigenvalue weighted by Crippen LogP contribution is -2.29. The summed E-state index contributed by atoms with van der Waals surface area (Å²) in [7, 11) is -1.25. The van der Waals surface area contributed by atoms with Gasteiger partial charge in [-0.25, -0.2) is 0 Å². The van der Waals surface area contributed by atoms with E-state index in [-0.39, 0.29) is 13.2 Å². The highest BCUT2D eigenvalue weighted by Crippen LogP contribution is 2.21. The first-order valence-electron chi connectivity index (χ1n) is 12.4. The van der Waals surface area contributed by atoms with Crippen molar-refractivity contribution in [1.29, 1.82) is 0 Å². The van der Waals surface area contributed by atoms with E-state index in [4.69, 9.17) is 14.2 Å². The first kappa shape index (κ1) is 27.6. The van der Waals surface area contributed by atoms with Gasteiger partial charge in [-0.3, -0.25) is 9.59 Å². The molecule has 0 unspecified atom stereocenters. The summed E-state index contributed by atoms with van der Waals surface area (Å²) in [6.07, 6.45) is 3.19. The molecule has 2 aromatic rings. The maximum atomic E-state index is 12.1. The minimum Gasteiger partial charge on any atom is -0.494 e. The van der Waals surface area contributed by atoms with Crippen LogP contribution in [0, 0.1) is 5.92 Å². The van der Waals surface area contributed by atoms with Crippen molar-refractivity contribution in [2.24, 2.45) is 5.92 Å². The van der Waals surface area contributed by atoms with Crippen molar-refractivity contribution in [3.8, 4) is 5.75 Å². The SMILES string of the molecule is CCOC(=O)C(CCc1ccc(OCCCC[Si](C)(C)Cc2ccccc2)cc1)C(=O)OCC. The van der Waals surface area contributed by atoms with Crippen molar-refractivity contribution < 1.29 is 23.8 Å². The predicted octanol–water partition coefficient (Wildman–Crippen LogP) is 6.01. The van der Waals surface area contributed by atoms with Gasteiger partial charge in [0.05, 0.1) is 27.9 Å². The number of carbonyl (C=O) groups is 2. The Balaban J connectivity index is 1.72. The van der Waals surface area contributed by atoms with Crippen LogP contribution in [0.1, 0.15) is 44.2 Å². The van der Waals surface area contributed by atoms with Gasteiger partial charge < -0.3 is 14.2 Å². The molecule has 5 nitrogen and oxygen atoms in total. The molecule has 0 fully saturated rings. The summed E-state index contributed by atoms with van der Waals surface area (Å²) >= 11 is 0. The zero-order valence-electron chi connectivity index (χ0n) is 21.2. The molecule has 0 spiro atoms. The van der Waals surface area contributed by atoms with Crippen molar-refractivity contribution >= 4 is 20.0 Å². The molecule has 0 amide bonds.